The van der Waals surface area contributed by atoms with Crippen molar-refractivity contribution < 1.29 is 23.9 Å². The summed E-state index contributed by atoms with van der Waals surface area (Å²) in [5, 5.41) is 9.85. The summed E-state index contributed by atoms with van der Waals surface area (Å²) in [6.07, 6.45) is 1.75. The number of ether oxygens (including phenoxy) is 2. The van der Waals surface area contributed by atoms with Crippen LogP contribution in [0.25, 0.3) is 17.2 Å². The molecule has 7 heteroatoms. The topological polar surface area (TPSA) is 88.9 Å². The number of carbonyl (C=O) groups excluding carboxylic acids is 2. The van der Waals surface area contributed by atoms with Crippen LogP contribution in [0.1, 0.15) is 59.6 Å². The number of carbonyl (C=O) groups is 2. The summed E-state index contributed by atoms with van der Waals surface area (Å²) >= 11 is 0. The molecule has 0 N–H and O–H groups in total. The lowest BCUT2D eigenvalue weighted by molar-refractivity contribution is -0.145. The van der Waals surface area contributed by atoms with Gasteiger partial charge in [0.05, 0.1) is 17.7 Å². The monoisotopic (exact) mass is 464 g/mol. The van der Waals surface area contributed by atoms with Gasteiger partial charge in [-0.3, -0.25) is 4.84 Å². The second-order valence-corrected chi connectivity index (χ2v) is 9.78. The predicted molar refractivity (Wildman–Crippen MR) is 130 cm³/mol. The quantitative estimate of drug-likeness (QED) is 0.368. The highest BCUT2D eigenvalue weighted by molar-refractivity contribution is 5.71. The van der Waals surface area contributed by atoms with Crippen LogP contribution in [0.5, 0.6) is 0 Å². The molecule has 0 radical (unpaired) electrons. The lowest BCUT2D eigenvalue weighted by Crippen LogP contribution is -2.43. The van der Waals surface area contributed by atoms with E-state index in [2.05, 4.69) is 6.07 Å². The van der Waals surface area contributed by atoms with Gasteiger partial charge in [-0.15, -0.1) is 5.06 Å². The Hall–Kier alpha value is -3.79. The molecule has 0 saturated carbocycles. The second kappa shape index (κ2) is 10.9. The smallest absolute Gasteiger partial charge is 0.442 e. The number of hydroxylamine groups is 2. The number of benzene rings is 2. The minimum absolute atomic E-state index is 0.598. The maximum absolute atomic E-state index is 12.7. The Morgan fingerprint density at radius 3 is 2.12 bits per heavy atom. The van der Waals surface area contributed by atoms with Crippen molar-refractivity contribution in [2.24, 2.45) is 0 Å². The molecule has 7 nitrogen and oxygen atoms in total. The molecule has 0 aliphatic rings. The minimum Gasteiger partial charge on any atom is -0.442 e. The molecular formula is C27H32N2O5. The first-order valence-corrected chi connectivity index (χ1v) is 11.0. The van der Waals surface area contributed by atoms with E-state index in [0.29, 0.717) is 5.56 Å². The molecule has 0 spiro atoms. The summed E-state index contributed by atoms with van der Waals surface area (Å²) in [7, 11) is 0. The van der Waals surface area contributed by atoms with Gasteiger partial charge >= 0.3 is 12.2 Å². The van der Waals surface area contributed by atoms with Gasteiger partial charge in [0.15, 0.2) is 0 Å². The lowest BCUT2D eigenvalue weighted by atomic mass is 10.0. The number of nitriles is 1. The maximum Gasteiger partial charge on any atom is 0.534 e. The Morgan fingerprint density at radius 1 is 0.941 bits per heavy atom. The average Bonchev–Trinajstić information content (AvgIpc) is 2.73. The molecule has 180 valence electrons. The highest BCUT2D eigenvalue weighted by atomic mass is 16.8. The first-order valence-electron chi connectivity index (χ1n) is 11.0. The van der Waals surface area contributed by atoms with Crippen LogP contribution in [0.4, 0.5) is 9.59 Å². The number of nitrogens with zero attached hydrogens (tertiary/aromatic N) is 2. The highest BCUT2D eigenvalue weighted by Gasteiger charge is 2.30. The minimum atomic E-state index is -0.999. The normalized spacial score (nSPS) is 12.5. The SMILES string of the molecule is CC(/C=C/c1cccc(-c2ccc(C#N)cc2)c1)N(OC(=O)OC(C)(C)C)C(=O)OC(C)(C)C. The molecule has 2 aromatic rings. The van der Waals surface area contributed by atoms with Gasteiger partial charge < -0.3 is 9.47 Å². The van der Waals surface area contributed by atoms with E-state index in [-0.39, 0.29) is 0 Å². The Bertz CT molecular complexity index is 1070. The Balaban J connectivity index is 2.23. The van der Waals surface area contributed by atoms with E-state index in [1.807, 2.05) is 42.5 Å². The van der Waals surface area contributed by atoms with Crippen molar-refractivity contribution in [2.75, 3.05) is 0 Å². The van der Waals surface area contributed by atoms with Crippen LogP contribution < -0.4 is 0 Å². The first-order chi connectivity index (χ1) is 15.8. The largest absolute Gasteiger partial charge is 0.534 e. The zero-order chi connectivity index (χ0) is 25.5. The van der Waals surface area contributed by atoms with Gasteiger partial charge in [-0.25, -0.2) is 9.59 Å². The zero-order valence-corrected chi connectivity index (χ0v) is 20.8. The van der Waals surface area contributed by atoms with E-state index in [1.54, 1.807) is 66.7 Å². The predicted octanol–water partition coefficient (Wildman–Crippen LogP) is 6.73. The van der Waals surface area contributed by atoms with Crippen LogP contribution in [0.3, 0.4) is 0 Å². The van der Waals surface area contributed by atoms with Gasteiger partial charge in [0, 0.05) is 0 Å². The molecule has 34 heavy (non-hydrogen) atoms. The molecule has 2 rings (SSSR count). The van der Waals surface area contributed by atoms with Crippen LogP contribution >= 0.6 is 0 Å². The summed E-state index contributed by atoms with van der Waals surface area (Å²) in [4.78, 5) is 30.2. The molecule has 1 amide bonds. The Labute approximate surface area is 201 Å². The van der Waals surface area contributed by atoms with Gasteiger partial charge in [-0.05, 0) is 83.4 Å². The third-order valence-corrected chi connectivity index (χ3v) is 4.31. The van der Waals surface area contributed by atoms with Crippen molar-refractivity contribution in [1.82, 2.24) is 5.06 Å². The Morgan fingerprint density at radius 2 is 1.56 bits per heavy atom. The van der Waals surface area contributed by atoms with Crippen LogP contribution in [0.2, 0.25) is 0 Å². The van der Waals surface area contributed by atoms with Gasteiger partial charge in [-0.2, -0.15) is 5.26 Å². The van der Waals surface area contributed by atoms with E-state index in [4.69, 9.17) is 19.6 Å². The van der Waals surface area contributed by atoms with Gasteiger partial charge in [-0.1, -0.05) is 42.5 Å². The standard InChI is InChI=1S/C27H32N2O5/c1-19(29(24(30)32-26(2,3)4)34-25(31)33-27(5,6)7)11-12-20-9-8-10-23(17-20)22-15-13-21(18-28)14-16-22/h8-17,19H,1-7H3/b12-11+. The van der Waals surface area contributed by atoms with Crippen molar-refractivity contribution in [3.8, 4) is 17.2 Å². The maximum atomic E-state index is 12.7. The molecule has 1 unspecified atom stereocenters. The number of hydrogen-bond acceptors (Lipinski definition) is 6. The van der Waals surface area contributed by atoms with Crippen molar-refractivity contribution >= 4 is 18.3 Å². The van der Waals surface area contributed by atoms with Crippen LogP contribution in [-0.4, -0.2) is 34.6 Å². The fourth-order valence-electron chi connectivity index (χ4n) is 2.83. The molecule has 0 aliphatic heterocycles. The van der Waals surface area contributed by atoms with Crippen LogP contribution in [0.15, 0.2) is 54.6 Å². The summed E-state index contributed by atoms with van der Waals surface area (Å²) in [6.45, 7) is 12.0. The summed E-state index contributed by atoms with van der Waals surface area (Å²) in [5.41, 5.74) is 1.89. The molecule has 0 aromatic heterocycles. The van der Waals surface area contributed by atoms with Gasteiger partial charge in [0.1, 0.15) is 11.2 Å². The first kappa shape index (κ1) is 26.5. The van der Waals surface area contributed by atoms with Gasteiger partial charge in [0.2, 0.25) is 0 Å². The van der Waals surface area contributed by atoms with E-state index in [0.717, 1.165) is 21.8 Å². The van der Waals surface area contributed by atoms with E-state index >= 15 is 0 Å². The molecule has 0 saturated heterocycles. The van der Waals surface area contributed by atoms with Crippen molar-refractivity contribution in [2.45, 2.75) is 65.7 Å². The zero-order valence-electron chi connectivity index (χ0n) is 20.8. The molecule has 2 aromatic carbocycles. The van der Waals surface area contributed by atoms with Crippen molar-refractivity contribution in [1.29, 1.82) is 5.26 Å². The highest BCUT2D eigenvalue weighted by Crippen LogP contribution is 2.22. The fraction of sp³-hybridized carbons (Fsp3) is 0.370. The van der Waals surface area contributed by atoms with Crippen LogP contribution in [0, 0.1) is 11.3 Å². The third kappa shape index (κ3) is 8.62. The Kier molecular flexibility index (Phi) is 8.47. The molecule has 0 heterocycles. The van der Waals surface area contributed by atoms with E-state index in [1.165, 1.54) is 0 Å². The van der Waals surface area contributed by atoms with E-state index in [9.17, 15) is 9.59 Å². The number of hydrogen-bond donors (Lipinski definition) is 0. The molecule has 0 bridgehead atoms. The number of amides is 1. The molecule has 0 fully saturated rings. The summed E-state index contributed by atoms with van der Waals surface area (Å²) in [5.74, 6) is 0. The number of rotatable bonds is 4. The molecular weight excluding hydrogens is 432 g/mol. The van der Waals surface area contributed by atoms with Crippen molar-refractivity contribution in [3.63, 3.8) is 0 Å². The fourth-order valence-corrected chi connectivity index (χ4v) is 2.83. The van der Waals surface area contributed by atoms with Crippen LogP contribution in [-0.2, 0) is 14.3 Å². The molecule has 1 atom stereocenters. The summed E-state index contributed by atoms with van der Waals surface area (Å²) < 4.78 is 10.6. The molecule has 0 aliphatic carbocycles. The summed E-state index contributed by atoms with van der Waals surface area (Å²) in [6, 6.07) is 16.6. The lowest BCUT2D eigenvalue weighted by Gasteiger charge is -2.29. The second-order valence-electron chi connectivity index (χ2n) is 9.78. The van der Waals surface area contributed by atoms with Crippen molar-refractivity contribution in [3.05, 3.63) is 65.7 Å². The van der Waals surface area contributed by atoms with E-state index < -0.39 is 29.5 Å². The van der Waals surface area contributed by atoms with Gasteiger partial charge in [0.25, 0.3) is 0 Å². The third-order valence-electron chi connectivity index (χ3n) is 4.31. The average molecular weight is 465 g/mol.